The molecule has 1 heterocycles. The largest absolute Gasteiger partial charge is 0.455 e. The van der Waals surface area contributed by atoms with Gasteiger partial charge in [0.2, 0.25) is 0 Å². The Balaban J connectivity index is 2.40. The van der Waals surface area contributed by atoms with Gasteiger partial charge in [-0.3, -0.25) is 4.98 Å². The van der Waals surface area contributed by atoms with E-state index in [4.69, 9.17) is 22.7 Å². The summed E-state index contributed by atoms with van der Waals surface area (Å²) in [5, 5.41) is 0. The molecular weight excluding hydrogens is 251 g/mol. The minimum Gasteiger partial charge on any atom is -0.455 e. The Morgan fingerprint density at radius 3 is 2.83 bits per heavy atom. The molecule has 18 heavy (non-hydrogen) atoms. The Hall–Kier alpha value is -2.01. The average Bonchev–Trinajstić information content (AvgIpc) is 2.34. The van der Waals surface area contributed by atoms with E-state index in [9.17, 15) is 4.39 Å². The van der Waals surface area contributed by atoms with Gasteiger partial charge in [0.15, 0.2) is 5.75 Å². The molecule has 0 bridgehead atoms. The molecule has 3 nitrogen and oxygen atoms in total. The summed E-state index contributed by atoms with van der Waals surface area (Å²) in [5.41, 5.74) is 6.97. The van der Waals surface area contributed by atoms with Crippen LogP contribution in [0.1, 0.15) is 11.1 Å². The van der Waals surface area contributed by atoms with Crippen molar-refractivity contribution >= 4 is 17.2 Å². The molecule has 92 valence electrons. The molecule has 0 aliphatic carbocycles. The Morgan fingerprint density at radius 1 is 1.33 bits per heavy atom. The van der Waals surface area contributed by atoms with E-state index in [1.807, 2.05) is 6.92 Å². The number of nitrogens with zero attached hydrogens (tertiary/aromatic N) is 1. The number of aryl methyl sites for hydroxylation is 1. The fourth-order valence-electron chi connectivity index (χ4n) is 1.47. The van der Waals surface area contributed by atoms with Crippen molar-refractivity contribution in [2.45, 2.75) is 6.92 Å². The lowest BCUT2D eigenvalue weighted by Gasteiger charge is -2.11. The van der Waals surface area contributed by atoms with E-state index in [2.05, 4.69) is 4.98 Å². The fraction of sp³-hybridized carbons (Fsp3) is 0.0769. The smallest absolute Gasteiger partial charge is 0.155 e. The molecule has 0 atom stereocenters. The summed E-state index contributed by atoms with van der Waals surface area (Å²) in [4.78, 5) is 4.15. The third kappa shape index (κ3) is 2.62. The zero-order valence-electron chi connectivity index (χ0n) is 9.68. The Labute approximate surface area is 109 Å². The van der Waals surface area contributed by atoms with Crippen LogP contribution in [0.15, 0.2) is 36.7 Å². The first-order valence-electron chi connectivity index (χ1n) is 5.26. The van der Waals surface area contributed by atoms with Gasteiger partial charge in [-0.15, -0.1) is 0 Å². The highest BCUT2D eigenvalue weighted by atomic mass is 32.1. The van der Waals surface area contributed by atoms with Crippen LogP contribution in [0.4, 0.5) is 4.39 Å². The van der Waals surface area contributed by atoms with Crippen molar-refractivity contribution in [2.24, 2.45) is 5.73 Å². The molecule has 0 spiro atoms. The number of aromatic nitrogens is 1. The lowest BCUT2D eigenvalue weighted by atomic mass is 10.2. The minimum atomic E-state index is -0.364. The average molecular weight is 262 g/mol. The lowest BCUT2D eigenvalue weighted by molar-refractivity contribution is 0.470. The molecule has 0 saturated heterocycles. The van der Waals surface area contributed by atoms with Crippen LogP contribution >= 0.6 is 12.2 Å². The molecule has 0 saturated carbocycles. The van der Waals surface area contributed by atoms with Crippen molar-refractivity contribution in [3.05, 3.63) is 53.6 Å². The van der Waals surface area contributed by atoms with Gasteiger partial charge in [-0.05, 0) is 24.6 Å². The summed E-state index contributed by atoms with van der Waals surface area (Å²) in [6.07, 6.45) is 3.07. The molecule has 0 unspecified atom stereocenters. The predicted octanol–water partition coefficient (Wildman–Crippen LogP) is 2.96. The van der Waals surface area contributed by atoms with Gasteiger partial charge in [0, 0.05) is 12.3 Å². The highest BCUT2D eigenvalue weighted by molar-refractivity contribution is 7.80. The standard InChI is InChI=1S/C13H11FN2OS/c1-8-2-3-9(14)6-11(8)17-12-7-16-5-4-10(12)13(15)18/h2-7H,1H3,(H2,15,18). The van der Waals surface area contributed by atoms with Crippen molar-refractivity contribution in [1.29, 1.82) is 0 Å². The number of hydrogen-bond donors (Lipinski definition) is 1. The monoisotopic (exact) mass is 262 g/mol. The van der Waals surface area contributed by atoms with Crippen LogP contribution in [-0.4, -0.2) is 9.97 Å². The van der Waals surface area contributed by atoms with Gasteiger partial charge in [-0.25, -0.2) is 4.39 Å². The highest BCUT2D eigenvalue weighted by Crippen LogP contribution is 2.27. The van der Waals surface area contributed by atoms with Crippen LogP contribution in [0.25, 0.3) is 0 Å². The maximum atomic E-state index is 13.2. The number of ether oxygens (including phenoxy) is 1. The molecule has 2 rings (SSSR count). The number of rotatable bonds is 3. The van der Waals surface area contributed by atoms with Gasteiger partial charge in [0.1, 0.15) is 16.6 Å². The summed E-state index contributed by atoms with van der Waals surface area (Å²) in [7, 11) is 0. The van der Waals surface area contributed by atoms with Gasteiger partial charge in [0.25, 0.3) is 0 Å². The van der Waals surface area contributed by atoms with Crippen molar-refractivity contribution in [3.8, 4) is 11.5 Å². The number of benzene rings is 1. The van der Waals surface area contributed by atoms with Crippen molar-refractivity contribution in [2.75, 3.05) is 0 Å². The summed E-state index contributed by atoms with van der Waals surface area (Å²) in [5.74, 6) is 0.468. The summed E-state index contributed by atoms with van der Waals surface area (Å²) in [6, 6.07) is 5.99. The zero-order valence-corrected chi connectivity index (χ0v) is 10.5. The molecule has 0 radical (unpaired) electrons. The second-order valence-electron chi connectivity index (χ2n) is 3.75. The molecule has 5 heteroatoms. The Bertz CT molecular complexity index is 601. The van der Waals surface area contributed by atoms with E-state index in [1.165, 1.54) is 18.3 Å². The Morgan fingerprint density at radius 2 is 2.11 bits per heavy atom. The first kappa shape index (κ1) is 12.4. The highest BCUT2D eigenvalue weighted by Gasteiger charge is 2.09. The fourth-order valence-corrected chi connectivity index (χ4v) is 1.64. The topological polar surface area (TPSA) is 48.1 Å². The quantitative estimate of drug-likeness (QED) is 0.864. The first-order valence-corrected chi connectivity index (χ1v) is 5.66. The van der Waals surface area contributed by atoms with Crippen LogP contribution in [0.5, 0.6) is 11.5 Å². The predicted molar refractivity (Wildman–Crippen MR) is 71.3 cm³/mol. The number of thiocarbonyl (C=S) groups is 1. The number of nitrogens with two attached hydrogens (primary N) is 1. The van der Waals surface area contributed by atoms with E-state index < -0.39 is 0 Å². The van der Waals surface area contributed by atoms with Gasteiger partial charge < -0.3 is 10.5 Å². The molecule has 2 N–H and O–H groups in total. The second-order valence-corrected chi connectivity index (χ2v) is 4.19. The van der Waals surface area contributed by atoms with E-state index in [1.54, 1.807) is 18.3 Å². The van der Waals surface area contributed by atoms with Gasteiger partial charge in [-0.2, -0.15) is 0 Å². The summed E-state index contributed by atoms with van der Waals surface area (Å²) in [6.45, 7) is 1.82. The van der Waals surface area contributed by atoms with Crippen LogP contribution in [0.3, 0.4) is 0 Å². The van der Waals surface area contributed by atoms with Gasteiger partial charge in [-0.1, -0.05) is 18.3 Å². The number of halogens is 1. The van der Waals surface area contributed by atoms with E-state index in [-0.39, 0.29) is 10.8 Å². The molecule has 0 amide bonds. The van der Waals surface area contributed by atoms with Crippen LogP contribution in [-0.2, 0) is 0 Å². The minimum absolute atomic E-state index is 0.210. The van der Waals surface area contributed by atoms with E-state index in [0.29, 0.717) is 17.1 Å². The molecular formula is C13H11FN2OS. The SMILES string of the molecule is Cc1ccc(F)cc1Oc1cnccc1C(N)=S. The molecule has 1 aromatic heterocycles. The van der Waals surface area contributed by atoms with Crippen molar-refractivity contribution in [3.63, 3.8) is 0 Å². The number of pyridine rings is 1. The molecule has 0 aliphatic rings. The van der Waals surface area contributed by atoms with Gasteiger partial charge >= 0.3 is 0 Å². The number of hydrogen-bond acceptors (Lipinski definition) is 3. The van der Waals surface area contributed by atoms with Crippen molar-refractivity contribution in [1.82, 2.24) is 4.98 Å². The maximum absolute atomic E-state index is 13.2. The maximum Gasteiger partial charge on any atom is 0.155 e. The summed E-state index contributed by atoms with van der Waals surface area (Å²) >= 11 is 4.92. The molecule has 1 aromatic carbocycles. The molecule has 0 aliphatic heterocycles. The normalized spacial score (nSPS) is 10.1. The zero-order chi connectivity index (χ0) is 13.1. The Kier molecular flexibility index (Phi) is 3.53. The third-order valence-corrected chi connectivity index (χ3v) is 2.64. The summed E-state index contributed by atoms with van der Waals surface area (Å²) < 4.78 is 18.8. The first-order chi connectivity index (χ1) is 8.58. The lowest BCUT2D eigenvalue weighted by Crippen LogP contribution is -2.11. The second kappa shape index (κ2) is 5.10. The molecule has 0 fully saturated rings. The van der Waals surface area contributed by atoms with Crippen LogP contribution < -0.4 is 10.5 Å². The van der Waals surface area contributed by atoms with E-state index in [0.717, 1.165) is 5.56 Å². The van der Waals surface area contributed by atoms with E-state index >= 15 is 0 Å². The van der Waals surface area contributed by atoms with Crippen LogP contribution in [0.2, 0.25) is 0 Å². The van der Waals surface area contributed by atoms with Crippen molar-refractivity contribution < 1.29 is 9.13 Å². The van der Waals surface area contributed by atoms with Crippen LogP contribution in [0, 0.1) is 12.7 Å². The third-order valence-electron chi connectivity index (χ3n) is 2.42. The van der Waals surface area contributed by atoms with Gasteiger partial charge in [0.05, 0.1) is 11.8 Å². The molecule has 2 aromatic rings.